The Bertz CT molecular complexity index is 1340. The molecule has 6 N–H and O–H groups in total. The van der Waals surface area contributed by atoms with E-state index >= 15 is 0 Å². The molecule has 3 aromatic rings. The third-order valence-electron chi connectivity index (χ3n) is 4.96. The molecule has 1 aliphatic heterocycles. The first-order valence-corrected chi connectivity index (χ1v) is 12.6. The predicted molar refractivity (Wildman–Crippen MR) is 114 cm³/mol. The molecule has 0 spiro atoms. The smallest absolute Gasteiger partial charge is 0.242 e. The molecule has 0 saturated carbocycles. The Morgan fingerprint density at radius 2 is 2.03 bits per heavy atom. The lowest BCUT2D eigenvalue weighted by atomic mass is 10.1. The van der Waals surface area contributed by atoms with Crippen molar-refractivity contribution < 1.29 is 16.8 Å². The third kappa shape index (κ3) is 3.97. The van der Waals surface area contributed by atoms with Gasteiger partial charge in [0.2, 0.25) is 31.8 Å². The van der Waals surface area contributed by atoms with Gasteiger partial charge < -0.3 is 15.2 Å². The van der Waals surface area contributed by atoms with Crippen molar-refractivity contribution in [2.45, 2.75) is 35.7 Å². The first-order valence-electron chi connectivity index (χ1n) is 9.58. The summed E-state index contributed by atoms with van der Waals surface area (Å²) in [4.78, 5) is 4.93. The number of imidazole rings is 1. The van der Waals surface area contributed by atoms with Gasteiger partial charge in [0.25, 0.3) is 0 Å². The summed E-state index contributed by atoms with van der Waals surface area (Å²) >= 11 is 0. The molecule has 0 fully saturated rings. The number of nitrogens with two attached hydrogens (primary N) is 2. The van der Waals surface area contributed by atoms with Crippen LogP contribution >= 0.6 is 0 Å². The molecule has 172 valence electrons. The number of rotatable bonds is 7. The molecule has 14 nitrogen and oxygen atoms in total. The molecule has 1 aromatic carbocycles. The summed E-state index contributed by atoms with van der Waals surface area (Å²) in [5.74, 6) is 0.434. The highest BCUT2D eigenvalue weighted by molar-refractivity contribution is 7.92. The molecule has 0 saturated heterocycles. The topological polar surface area (TPSA) is 208 Å². The van der Waals surface area contributed by atoms with Crippen LogP contribution in [-0.2, 0) is 26.6 Å². The first kappa shape index (κ1) is 22.3. The molecule has 4 rings (SSSR count). The molecule has 1 aliphatic rings. The van der Waals surface area contributed by atoms with Crippen molar-refractivity contribution in [1.29, 1.82) is 0 Å². The van der Waals surface area contributed by atoms with Crippen LogP contribution in [0, 0.1) is 0 Å². The number of benzene rings is 1. The SMILES string of the molecule is C[C@H](CN)NS(=O)(=O)c1ccc(N2CCCn3ccnc32)c(-c2nn[nH]n2)c1S(N)(=O)=O. The summed E-state index contributed by atoms with van der Waals surface area (Å²) in [5, 5.41) is 19.1. The maximum atomic E-state index is 13.1. The minimum absolute atomic E-state index is 0.0101. The number of nitrogens with zero attached hydrogens (tertiary/aromatic N) is 6. The van der Waals surface area contributed by atoms with Gasteiger partial charge in [-0.05, 0) is 30.7 Å². The molecule has 1 atom stereocenters. The number of primary sulfonamides is 1. The van der Waals surface area contributed by atoms with Gasteiger partial charge in [0.1, 0.15) is 9.79 Å². The Hall–Kier alpha value is -2.92. The quantitative estimate of drug-likeness (QED) is 0.319. The number of aromatic amines is 1. The monoisotopic (exact) mass is 482 g/mol. The van der Waals surface area contributed by atoms with E-state index in [0.717, 1.165) is 13.0 Å². The number of tetrazole rings is 1. The number of sulfonamides is 2. The minimum Gasteiger partial charge on any atom is -0.329 e. The van der Waals surface area contributed by atoms with Gasteiger partial charge in [-0.1, -0.05) is 0 Å². The van der Waals surface area contributed by atoms with E-state index in [0.29, 0.717) is 18.2 Å². The molecular formula is C16H22N10O4S2. The van der Waals surface area contributed by atoms with Gasteiger partial charge in [-0.15, -0.1) is 10.2 Å². The van der Waals surface area contributed by atoms with Crippen LogP contribution in [0.4, 0.5) is 11.6 Å². The number of nitrogens with one attached hydrogen (secondary N) is 2. The van der Waals surface area contributed by atoms with Crippen LogP contribution in [-0.4, -0.2) is 66.1 Å². The van der Waals surface area contributed by atoms with Crippen molar-refractivity contribution in [2.75, 3.05) is 18.0 Å². The zero-order chi connectivity index (χ0) is 23.1. The first-order chi connectivity index (χ1) is 15.1. The fraction of sp³-hybridized carbons (Fsp3) is 0.375. The third-order valence-corrected chi connectivity index (χ3v) is 7.71. The molecule has 0 radical (unpaired) electrons. The number of aromatic nitrogens is 6. The van der Waals surface area contributed by atoms with Crippen molar-refractivity contribution in [2.24, 2.45) is 10.9 Å². The summed E-state index contributed by atoms with van der Waals surface area (Å²) in [7, 11) is -8.88. The van der Waals surface area contributed by atoms with Gasteiger partial charge in [-0.2, -0.15) is 5.21 Å². The Morgan fingerprint density at radius 3 is 2.69 bits per heavy atom. The number of hydrogen-bond acceptors (Lipinski definition) is 10. The zero-order valence-electron chi connectivity index (χ0n) is 17.0. The number of H-pyrrole nitrogens is 1. The molecule has 3 heterocycles. The lowest BCUT2D eigenvalue weighted by Crippen LogP contribution is -2.38. The lowest BCUT2D eigenvalue weighted by molar-refractivity contribution is 0.557. The Balaban J connectivity index is 2.03. The molecule has 0 amide bonds. The van der Waals surface area contributed by atoms with Gasteiger partial charge in [0.05, 0.1) is 11.3 Å². The van der Waals surface area contributed by atoms with E-state index in [1.165, 1.54) is 12.1 Å². The molecule has 32 heavy (non-hydrogen) atoms. The van der Waals surface area contributed by atoms with E-state index in [-0.39, 0.29) is 17.9 Å². The fourth-order valence-electron chi connectivity index (χ4n) is 3.58. The number of anilines is 2. The molecule has 0 aliphatic carbocycles. The summed E-state index contributed by atoms with van der Waals surface area (Å²) in [6.45, 7) is 2.80. The summed E-state index contributed by atoms with van der Waals surface area (Å²) < 4.78 is 55.8. The maximum absolute atomic E-state index is 13.1. The van der Waals surface area contributed by atoms with Crippen molar-refractivity contribution in [3.05, 3.63) is 24.5 Å². The standard InChI is InChI=1S/C16H22N10O4S2/c1-10(9-17)22-32(29,30)12-4-3-11(26-7-2-6-25-8-5-19-16(25)26)13(14(12)31(18,27)28)15-20-23-24-21-15/h3-5,8,10,22H,2,6-7,9,17H2,1H3,(H2,18,27,28)(H,20,21,23,24)/t10-/m1/s1. The van der Waals surface area contributed by atoms with Crippen LogP contribution in [0.1, 0.15) is 13.3 Å². The van der Waals surface area contributed by atoms with Crippen LogP contribution in [0.25, 0.3) is 11.4 Å². The molecule has 0 unspecified atom stereocenters. The second-order valence-electron chi connectivity index (χ2n) is 7.25. The number of hydrogen-bond donors (Lipinski definition) is 4. The van der Waals surface area contributed by atoms with Crippen LogP contribution in [0.5, 0.6) is 0 Å². The largest absolute Gasteiger partial charge is 0.329 e. The molecule has 0 bridgehead atoms. The van der Waals surface area contributed by atoms with E-state index in [9.17, 15) is 16.8 Å². The second-order valence-corrected chi connectivity index (χ2v) is 10.4. The van der Waals surface area contributed by atoms with Gasteiger partial charge in [0.15, 0.2) is 0 Å². The average Bonchev–Trinajstić information content (AvgIpc) is 3.43. The van der Waals surface area contributed by atoms with Gasteiger partial charge >= 0.3 is 0 Å². The molecular weight excluding hydrogens is 460 g/mol. The highest BCUT2D eigenvalue weighted by Gasteiger charge is 2.34. The van der Waals surface area contributed by atoms with Crippen LogP contribution in [0.15, 0.2) is 34.3 Å². The Labute approximate surface area is 184 Å². The summed E-state index contributed by atoms with van der Waals surface area (Å²) in [5.41, 5.74) is 5.76. The van der Waals surface area contributed by atoms with Crippen LogP contribution in [0.3, 0.4) is 0 Å². The minimum atomic E-state index is -4.57. The summed E-state index contributed by atoms with van der Waals surface area (Å²) in [6.07, 6.45) is 4.17. The van der Waals surface area contributed by atoms with Crippen molar-refractivity contribution in [1.82, 2.24) is 34.9 Å². The highest BCUT2D eigenvalue weighted by Crippen LogP contribution is 2.41. The predicted octanol–water partition coefficient (Wildman–Crippen LogP) is -1.12. The number of aryl methyl sites for hydroxylation is 1. The van der Waals surface area contributed by atoms with Crippen LogP contribution in [0.2, 0.25) is 0 Å². The van der Waals surface area contributed by atoms with E-state index in [2.05, 4.69) is 30.3 Å². The Kier molecular flexibility index (Phi) is 5.72. The van der Waals surface area contributed by atoms with Gasteiger partial charge in [0, 0.05) is 38.1 Å². The second kappa shape index (κ2) is 8.21. The van der Waals surface area contributed by atoms with E-state index in [1.807, 2.05) is 4.57 Å². The van der Waals surface area contributed by atoms with E-state index in [4.69, 9.17) is 10.9 Å². The van der Waals surface area contributed by atoms with Crippen molar-refractivity contribution in [3.8, 4) is 11.4 Å². The van der Waals surface area contributed by atoms with Gasteiger partial charge in [-0.3, -0.25) is 0 Å². The average molecular weight is 483 g/mol. The number of fused-ring (bicyclic) bond motifs is 1. The lowest BCUT2D eigenvalue weighted by Gasteiger charge is -2.31. The van der Waals surface area contributed by atoms with Crippen LogP contribution < -0.4 is 20.5 Å². The van der Waals surface area contributed by atoms with Crippen molar-refractivity contribution in [3.63, 3.8) is 0 Å². The fourth-order valence-corrected chi connectivity index (χ4v) is 6.43. The maximum Gasteiger partial charge on any atom is 0.242 e. The molecule has 2 aromatic heterocycles. The van der Waals surface area contributed by atoms with E-state index in [1.54, 1.807) is 24.2 Å². The normalized spacial score (nSPS) is 15.5. The van der Waals surface area contributed by atoms with Gasteiger partial charge in [-0.25, -0.2) is 31.7 Å². The zero-order valence-corrected chi connectivity index (χ0v) is 18.6. The summed E-state index contributed by atoms with van der Waals surface area (Å²) in [6, 6.07) is 2.02. The Morgan fingerprint density at radius 1 is 1.25 bits per heavy atom. The molecule has 16 heteroatoms. The highest BCUT2D eigenvalue weighted by atomic mass is 32.2. The van der Waals surface area contributed by atoms with E-state index < -0.39 is 35.9 Å². The van der Waals surface area contributed by atoms with Crippen molar-refractivity contribution >= 4 is 31.7 Å².